The summed E-state index contributed by atoms with van der Waals surface area (Å²) in [6, 6.07) is 8.98. The third-order valence-corrected chi connectivity index (χ3v) is 4.42. The van der Waals surface area contributed by atoms with Crippen LogP contribution in [0.3, 0.4) is 0 Å². The van der Waals surface area contributed by atoms with E-state index in [0.717, 1.165) is 0 Å². The van der Waals surface area contributed by atoms with Crippen LogP contribution in [0.15, 0.2) is 36.7 Å². The van der Waals surface area contributed by atoms with Gasteiger partial charge in [0.05, 0.1) is 0 Å². The van der Waals surface area contributed by atoms with Gasteiger partial charge in [-0.2, -0.15) is 0 Å². The maximum atomic E-state index is 4.49. The number of aryl methyl sites for hydroxylation is 6. The summed E-state index contributed by atoms with van der Waals surface area (Å²) in [7, 11) is 4.49. The van der Waals surface area contributed by atoms with Gasteiger partial charge in [0.1, 0.15) is 0 Å². The summed E-state index contributed by atoms with van der Waals surface area (Å²) in [5.41, 5.74) is 10.4. The zero-order valence-corrected chi connectivity index (χ0v) is 17.9. The standard InChI is InChI=1S/C21H25N2.ClH.Pd/c1-14-9-16(3)20(17(4)10-14)22-7-8-23(13-22)21-18(5)11-15(2)12-19(21)6;;/h7-13H,1-6H3;1H;/q-1;;+2/p-1. The minimum absolute atomic E-state index is 1.27. The molecule has 25 heavy (non-hydrogen) atoms. The molecule has 136 valence electrons. The second-order valence-electron chi connectivity index (χ2n) is 6.72. The van der Waals surface area contributed by atoms with E-state index in [9.17, 15) is 0 Å². The van der Waals surface area contributed by atoms with Gasteiger partial charge >= 0.3 is 27.7 Å². The molecule has 2 aromatic rings. The van der Waals surface area contributed by atoms with Crippen molar-refractivity contribution in [2.24, 2.45) is 0 Å². The molecule has 0 aromatic heterocycles. The summed E-state index contributed by atoms with van der Waals surface area (Å²) in [6.45, 7) is 15.2. The van der Waals surface area contributed by atoms with Crippen molar-refractivity contribution in [2.45, 2.75) is 41.5 Å². The van der Waals surface area contributed by atoms with E-state index in [0.29, 0.717) is 0 Å². The molecule has 0 saturated heterocycles. The first kappa shape index (κ1) is 20.0. The quantitative estimate of drug-likeness (QED) is 0.403. The van der Waals surface area contributed by atoms with E-state index < -0.39 is 0 Å². The summed E-state index contributed by atoms with van der Waals surface area (Å²) in [5.74, 6) is 0. The average molecular weight is 447 g/mol. The molecule has 0 amide bonds. The molecular formula is C21H25ClN2Pd. The van der Waals surface area contributed by atoms with Crippen molar-refractivity contribution in [2.75, 3.05) is 9.80 Å². The van der Waals surface area contributed by atoms with Crippen LogP contribution in [0, 0.1) is 48.2 Å². The predicted octanol–water partition coefficient (Wildman–Crippen LogP) is 6.14. The molecule has 4 heteroatoms. The van der Waals surface area contributed by atoms with Crippen molar-refractivity contribution in [3.63, 3.8) is 0 Å². The van der Waals surface area contributed by atoms with Gasteiger partial charge in [0.25, 0.3) is 0 Å². The number of rotatable bonds is 2. The fourth-order valence-corrected chi connectivity index (χ4v) is 3.78. The van der Waals surface area contributed by atoms with Crippen molar-refractivity contribution in [3.8, 4) is 0 Å². The Balaban J connectivity index is 0.00000109. The molecule has 0 spiro atoms. The van der Waals surface area contributed by atoms with Crippen molar-refractivity contribution in [1.29, 1.82) is 0 Å². The van der Waals surface area contributed by atoms with Crippen molar-refractivity contribution in [3.05, 3.63) is 76.7 Å². The van der Waals surface area contributed by atoms with Crippen LogP contribution in [0.2, 0.25) is 0 Å². The van der Waals surface area contributed by atoms with Crippen LogP contribution in [0.1, 0.15) is 33.4 Å². The normalized spacial score (nSPS) is 13.2. The first-order valence-electron chi connectivity index (χ1n) is 8.24. The second-order valence-corrected chi connectivity index (χ2v) is 6.72. The van der Waals surface area contributed by atoms with Crippen LogP contribution >= 0.6 is 9.53 Å². The fourth-order valence-electron chi connectivity index (χ4n) is 3.78. The molecule has 1 aliphatic rings. The van der Waals surface area contributed by atoms with Crippen LogP contribution < -0.4 is 9.80 Å². The molecule has 0 bridgehead atoms. The van der Waals surface area contributed by atoms with Gasteiger partial charge in [-0.15, -0.1) is 6.67 Å². The molecule has 0 radical (unpaired) electrons. The Bertz CT molecular complexity index is 687. The first-order chi connectivity index (χ1) is 11.9. The summed E-state index contributed by atoms with van der Waals surface area (Å²) in [5, 5.41) is 0. The minimum atomic E-state index is 1.27. The van der Waals surface area contributed by atoms with Crippen molar-refractivity contribution >= 4 is 20.9 Å². The molecule has 0 fully saturated rings. The second kappa shape index (κ2) is 8.41. The zero-order valence-electron chi connectivity index (χ0n) is 15.6. The summed E-state index contributed by atoms with van der Waals surface area (Å²) in [4.78, 5) is 4.45. The topological polar surface area (TPSA) is 6.48 Å². The Labute approximate surface area is 166 Å². The Morgan fingerprint density at radius 1 is 0.640 bits per heavy atom. The monoisotopic (exact) mass is 446 g/mol. The van der Waals surface area contributed by atoms with Gasteiger partial charge in [-0.25, -0.2) is 0 Å². The van der Waals surface area contributed by atoms with Crippen molar-refractivity contribution in [1.82, 2.24) is 0 Å². The Hall–Kier alpha value is -1.27. The molecule has 0 N–H and O–H groups in total. The van der Waals surface area contributed by atoms with E-state index >= 15 is 0 Å². The van der Waals surface area contributed by atoms with E-state index in [1.54, 1.807) is 0 Å². The summed E-state index contributed by atoms with van der Waals surface area (Å²) >= 11 is 2.22. The number of hydrogen-bond acceptors (Lipinski definition) is 2. The van der Waals surface area contributed by atoms with Gasteiger partial charge in [0, 0.05) is 11.4 Å². The number of anilines is 2. The zero-order chi connectivity index (χ0) is 18.7. The molecule has 0 saturated carbocycles. The van der Waals surface area contributed by atoms with Crippen LogP contribution in [0.4, 0.5) is 11.4 Å². The summed E-state index contributed by atoms with van der Waals surface area (Å²) < 4.78 is 0. The number of hydrogen-bond donors (Lipinski definition) is 0. The van der Waals surface area contributed by atoms with Crippen LogP contribution in [-0.2, 0) is 18.2 Å². The molecular weight excluding hydrogens is 422 g/mol. The third kappa shape index (κ3) is 4.29. The van der Waals surface area contributed by atoms with E-state index in [1.165, 1.54) is 44.8 Å². The Kier molecular flexibility index (Phi) is 6.74. The molecule has 1 heterocycles. The van der Waals surface area contributed by atoms with Crippen LogP contribution in [-0.4, -0.2) is 0 Å². The SMILES string of the molecule is Cc1cc(C)c(N2C=CN(c3c(C)cc(C)cc3C)[CH-]2)c(C)c1.[Cl][Pd+]. The van der Waals surface area contributed by atoms with E-state index in [1.807, 2.05) is 0 Å². The van der Waals surface area contributed by atoms with Gasteiger partial charge < -0.3 is 9.80 Å². The number of halogens is 1. The average Bonchev–Trinajstić information content (AvgIpc) is 2.96. The van der Waals surface area contributed by atoms with E-state index in [-0.39, 0.29) is 0 Å². The molecule has 2 aromatic carbocycles. The number of nitrogens with zero attached hydrogens (tertiary/aromatic N) is 2. The summed E-state index contributed by atoms with van der Waals surface area (Å²) in [6.07, 6.45) is 4.28. The Morgan fingerprint density at radius 2 is 0.920 bits per heavy atom. The molecule has 1 aliphatic heterocycles. The Morgan fingerprint density at radius 3 is 1.20 bits per heavy atom. The molecule has 0 atom stereocenters. The molecule has 0 aliphatic carbocycles. The fraction of sp³-hybridized carbons (Fsp3) is 0.286. The molecule has 3 rings (SSSR count). The van der Waals surface area contributed by atoms with Gasteiger partial charge in [-0.3, -0.25) is 0 Å². The maximum absolute atomic E-state index is 4.49. The molecule has 0 unspecified atom stereocenters. The first-order valence-corrected chi connectivity index (χ1v) is 10.2. The van der Waals surface area contributed by atoms with Gasteiger partial charge in [0.15, 0.2) is 0 Å². The van der Waals surface area contributed by atoms with E-state index in [4.69, 9.17) is 0 Å². The van der Waals surface area contributed by atoms with Crippen LogP contribution in [0.25, 0.3) is 0 Å². The third-order valence-electron chi connectivity index (χ3n) is 4.42. The van der Waals surface area contributed by atoms with Crippen LogP contribution in [0.5, 0.6) is 0 Å². The van der Waals surface area contributed by atoms with E-state index in [2.05, 4.69) is 122 Å². The van der Waals surface area contributed by atoms with Gasteiger partial charge in [-0.1, -0.05) is 35.4 Å². The van der Waals surface area contributed by atoms with Crippen molar-refractivity contribution < 1.29 is 18.2 Å². The van der Waals surface area contributed by atoms with Gasteiger partial charge in [-0.05, 0) is 76.2 Å². The predicted molar refractivity (Wildman–Crippen MR) is 106 cm³/mol. The number of benzene rings is 2. The molecule has 2 nitrogen and oxygen atoms in total. The van der Waals surface area contributed by atoms with Gasteiger partial charge in [0.2, 0.25) is 0 Å².